The average Bonchev–Trinajstić information content (AvgIpc) is 2.18. The van der Waals surface area contributed by atoms with Gasteiger partial charge in [-0.1, -0.05) is 6.92 Å². The molecule has 0 fully saturated rings. The first-order valence-corrected chi connectivity index (χ1v) is 6.12. The summed E-state index contributed by atoms with van der Waals surface area (Å²) < 4.78 is 27.6. The number of carbonyl (C=O) groups excluding carboxylic acids is 1. The second kappa shape index (κ2) is 6.91. The van der Waals surface area contributed by atoms with Gasteiger partial charge in [0.05, 0.1) is 11.3 Å². The molecule has 0 saturated heterocycles. The molecule has 1 amide bonds. The highest BCUT2D eigenvalue weighted by atomic mass is 32.2. The predicted molar refractivity (Wildman–Crippen MR) is 59.5 cm³/mol. The van der Waals surface area contributed by atoms with Crippen LogP contribution in [0.4, 0.5) is 0 Å². The van der Waals surface area contributed by atoms with Crippen molar-refractivity contribution in [3.05, 3.63) is 30.1 Å². The second-order valence-corrected chi connectivity index (χ2v) is 4.46. The Morgan fingerprint density at radius 2 is 2.19 bits per heavy atom. The summed E-state index contributed by atoms with van der Waals surface area (Å²) in [6.07, 6.45) is 3.49. The number of aromatic nitrogens is 1. The highest BCUT2D eigenvalue weighted by Crippen LogP contribution is 1.91. The molecular weight excluding hydrogens is 232 g/mol. The van der Waals surface area contributed by atoms with E-state index in [0.717, 1.165) is 0 Å². The molecular formula is C9H14N2O4S. The lowest BCUT2D eigenvalue weighted by atomic mass is 10.3. The van der Waals surface area contributed by atoms with Crippen molar-refractivity contribution < 1.29 is 17.8 Å². The van der Waals surface area contributed by atoms with Gasteiger partial charge in [-0.25, -0.2) is 0 Å². The summed E-state index contributed by atoms with van der Waals surface area (Å²) in [5.74, 6) is -0.574. The van der Waals surface area contributed by atoms with Gasteiger partial charge in [-0.05, 0) is 18.6 Å². The summed E-state index contributed by atoms with van der Waals surface area (Å²) in [7, 11) is -3.67. The van der Waals surface area contributed by atoms with Crippen molar-refractivity contribution in [2.75, 3.05) is 5.75 Å². The number of hydrogen-bond donors (Lipinski definition) is 2. The molecule has 0 unspecified atom stereocenters. The molecule has 0 aliphatic carbocycles. The molecule has 1 heterocycles. The Morgan fingerprint density at radius 1 is 1.56 bits per heavy atom. The molecule has 0 radical (unpaired) electrons. The van der Waals surface area contributed by atoms with E-state index in [1.807, 2.05) is 0 Å². The van der Waals surface area contributed by atoms with Crippen LogP contribution < -0.4 is 5.73 Å². The summed E-state index contributed by atoms with van der Waals surface area (Å²) in [4.78, 5) is 14.1. The molecule has 3 N–H and O–H groups in total. The molecule has 6 nitrogen and oxygen atoms in total. The summed E-state index contributed by atoms with van der Waals surface area (Å²) >= 11 is 0. The van der Waals surface area contributed by atoms with Crippen LogP contribution in [0.3, 0.4) is 0 Å². The van der Waals surface area contributed by atoms with Gasteiger partial charge < -0.3 is 5.73 Å². The van der Waals surface area contributed by atoms with Gasteiger partial charge in [-0.3, -0.25) is 14.3 Å². The van der Waals surface area contributed by atoms with E-state index in [1.165, 1.54) is 6.20 Å². The molecule has 0 bridgehead atoms. The maximum absolute atomic E-state index is 10.4. The second-order valence-electron chi connectivity index (χ2n) is 2.89. The summed E-state index contributed by atoms with van der Waals surface area (Å²) in [6.45, 7) is 1.69. The molecule has 0 saturated carbocycles. The Kier molecular flexibility index (Phi) is 6.28. The van der Waals surface area contributed by atoms with Gasteiger partial charge in [0.1, 0.15) is 0 Å². The van der Waals surface area contributed by atoms with Crippen LogP contribution in [0.5, 0.6) is 0 Å². The van der Waals surface area contributed by atoms with E-state index in [-0.39, 0.29) is 5.75 Å². The quantitative estimate of drug-likeness (QED) is 0.753. The van der Waals surface area contributed by atoms with E-state index in [2.05, 4.69) is 4.98 Å². The minimum absolute atomic E-state index is 0.132. The van der Waals surface area contributed by atoms with Crippen LogP contribution >= 0.6 is 0 Å². The molecule has 1 rings (SSSR count). The fourth-order valence-corrected chi connectivity index (χ4v) is 1.28. The van der Waals surface area contributed by atoms with E-state index in [0.29, 0.717) is 12.0 Å². The van der Waals surface area contributed by atoms with Gasteiger partial charge in [0, 0.05) is 12.4 Å². The van der Waals surface area contributed by atoms with Gasteiger partial charge in [0.15, 0.2) is 0 Å². The first-order chi connectivity index (χ1) is 7.37. The zero-order valence-electron chi connectivity index (χ0n) is 8.83. The zero-order chi connectivity index (χ0) is 12.6. The third-order valence-corrected chi connectivity index (χ3v) is 2.33. The van der Waals surface area contributed by atoms with Crippen LogP contribution in [-0.4, -0.2) is 29.6 Å². The number of amides is 1. The monoisotopic (exact) mass is 246 g/mol. The standard InChI is InChI=1S/C6H6N2O.C3H8O3S/c7-6(9)5-2-1-3-8-4-5;1-2-3-7(4,5)6/h1-4H,(H2,7,9);2-3H2,1H3,(H,4,5,6). The van der Waals surface area contributed by atoms with Gasteiger partial charge in [0.25, 0.3) is 10.1 Å². The summed E-state index contributed by atoms with van der Waals surface area (Å²) in [5, 5.41) is 0. The minimum atomic E-state index is -3.67. The molecule has 90 valence electrons. The van der Waals surface area contributed by atoms with Crippen molar-refractivity contribution in [1.29, 1.82) is 0 Å². The number of nitrogens with zero attached hydrogens (tertiary/aromatic N) is 1. The fourth-order valence-electron chi connectivity index (χ4n) is 0.766. The Labute approximate surface area is 94.2 Å². The van der Waals surface area contributed by atoms with Crippen molar-refractivity contribution in [1.82, 2.24) is 4.98 Å². The molecule has 16 heavy (non-hydrogen) atoms. The van der Waals surface area contributed by atoms with Gasteiger partial charge >= 0.3 is 0 Å². The molecule has 0 spiro atoms. The van der Waals surface area contributed by atoms with Crippen LogP contribution in [-0.2, 0) is 10.1 Å². The van der Waals surface area contributed by atoms with Gasteiger partial charge in [-0.15, -0.1) is 0 Å². The number of primary amides is 1. The third-order valence-electron chi connectivity index (χ3n) is 1.41. The number of rotatable bonds is 3. The Morgan fingerprint density at radius 3 is 2.38 bits per heavy atom. The van der Waals surface area contributed by atoms with Crippen molar-refractivity contribution in [2.45, 2.75) is 13.3 Å². The number of pyridine rings is 1. The highest BCUT2D eigenvalue weighted by molar-refractivity contribution is 7.85. The minimum Gasteiger partial charge on any atom is -0.366 e. The molecule has 1 aromatic rings. The first kappa shape index (κ1) is 14.5. The van der Waals surface area contributed by atoms with E-state index in [9.17, 15) is 13.2 Å². The smallest absolute Gasteiger partial charge is 0.264 e. The SMILES string of the molecule is CCCS(=O)(=O)O.NC(=O)c1cccnc1. The van der Waals surface area contributed by atoms with Crippen LogP contribution in [0.25, 0.3) is 0 Å². The van der Waals surface area contributed by atoms with E-state index in [1.54, 1.807) is 25.3 Å². The lowest BCUT2D eigenvalue weighted by Crippen LogP contribution is -2.10. The number of carbonyl (C=O) groups is 1. The van der Waals surface area contributed by atoms with Crippen molar-refractivity contribution in [2.24, 2.45) is 5.73 Å². The Hall–Kier alpha value is -1.47. The lowest BCUT2D eigenvalue weighted by molar-refractivity contribution is 0.1000. The summed E-state index contributed by atoms with van der Waals surface area (Å²) in [6, 6.07) is 3.29. The molecule has 0 aliphatic rings. The van der Waals surface area contributed by atoms with Crippen LogP contribution in [0.1, 0.15) is 23.7 Å². The average molecular weight is 246 g/mol. The Balaban J connectivity index is 0.000000293. The molecule has 0 aromatic carbocycles. The molecule has 1 aromatic heterocycles. The normalized spacial score (nSPS) is 10.1. The van der Waals surface area contributed by atoms with Crippen LogP contribution in [0.2, 0.25) is 0 Å². The zero-order valence-corrected chi connectivity index (χ0v) is 9.64. The Bertz CT molecular complexity index is 416. The lowest BCUT2D eigenvalue weighted by Gasteiger charge is -1.88. The van der Waals surface area contributed by atoms with Gasteiger partial charge in [0.2, 0.25) is 5.91 Å². The third kappa shape index (κ3) is 7.89. The molecule has 0 aliphatic heterocycles. The van der Waals surface area contributed by atoms with E-state index >= 15 is 0 Å². The van der Waals surface area contributed by atoms with Crippen molar-refractivity contribution in [3.63, 3.8) is 0 Å². The predicted octanol–water partition coefficient (Wildman–Crippen LogP) is 0.465. The van der Waals surface area contributed by atoms with Crippen molar-refractivity contribution >= 4 is 16.0 Å². The van der Waals surface area contributed by atoms with Crippen LogP contribution in [0, 0.1) is 0 Å². The molecule has 0 atom stereocenters. The van der Waals surface area contributed by atoms with E-state index < -0.39 is 16.0 Å². The maximum atomic E-state index is 10.4. The van der Waals surface area contributed by atoms with Crippen LogP contribution in [0.15, 0.2) is 24.5 Å². The molecule has 7 heteroatoms. The number of hydrogen-bond acceptors (Lipinski definition) is 4. The summed E-state index contributed by atoms with van der Waals surface area (Å²) in [5.41, 5.74) is 5.38. The topological polar surface area (TPSA) is 110 Å². The van der Waals surface area contributed by atoms with E-state index in [4.69, 9.17) is 10.3 Å². The fraction of sp³-hybridized carbons (Fsp3) is 0.333. The van der Waals surface area contributed by atoms with Gasteiger partial charge in [-0.2, -0.15) is 8.42 Å². The largest absolute Gasteiger partial charge is 0.366 e. The van der Waals surface area contributed by atoms with Crippen molar-refractivity contribution in [3.8, 4) is 0 Å². The number of nitrogens with two attached hydrogens (primary N) is 1. The maximum Gasteiger partial charge on any atom is 0.264 e. The first-order valence-electron chi connectivity index (χ1n) is 4.51. The highest BCUT2D eigenvalue weighted by Gasteiger charge is 1.98.